The van der Waals surface area contributed by atoms with Gasteiger partial charge < -0.3 is 9.64 Å². The second-order valence-electron chi connectivity index (χ2n) is 6.22. The Hall–Kier alpha value is -2.93. The number of nitrogens with zero attached hydrogens (tertiary/aromatic N) is 6. The minimum atomic E-state index is 0.700. The van der Waals surface area contributed by atoms with E-state index in [4.69, 9.17) is 4.74 Å². The Balaban J connectivity index is 1.30. The molecule has 0 bridgehead atoms. The molecular weight excluding hydrogens is 328 g/mol. The minimum Gasteiger partial charge on any atom is -0.492 e. The maximum Gasteiger partial charge on any atom is 0.250 e. The molecule has 0 N–H and O–H groups in total. The van der Waals surface area contributed by atoms with Crippen molar-refractivity contribution >= 4 is 5.95 Å². The lowest BCUT2D eigenvalue weighted by Crippen LogP contribution is -2.48. The largest absolute Gasteiger partial charge is 0.492 e. The van der Waals surface area contributed by atoms with Crippen LogP contribution in [0.15, 0.2) is 60.7 Å². The zero-order chi connectivity index (χ0) is 17.6. The highest BCUT2D eigenvalue weighted by Crippen LogP contribution is 2.17. The number of tetrazole rings is 1. The number of anilines is 1. The van der Waals surface area contributed by atoms with E-state index in [9.17, 15) is 0 Å². The van der Waals surface area contributed by atoms with Crippen LogP contribution >= 0.6 is 0 Å². The van der Waals surface area contributed by atoms with E-state index in [1.807, 2.05) is 60.7 Å². The maximum absolute atomic E-state index is 5.79. The third-order valence-corrected chi connectivity index (χ3v) is 4.53. The van der Waals surface area contributed by atoms with E-state index in [-0.39, 0.29) is 0 Å². The Morgan fingerprint density at radius 3 is 2.27 bits per heavy atom. The van der Waals surface area contributed by atoms with Gasteiger partial charge in [-0.2, -0.15) is 4.68 Å². The molecule has 1 saturated heterocycles. The van der Waals surface area contributed by atoms with E-state index in [2.05, 4.69) is 25.3 Å². The van der Waals surface area contributed by atoms with Crippen molar-refractivity contribution in [2.24, 2.45) is 0 Å². The summed E-state index contributed by atoms with van der Waals surface area (Å²) in [5.74, 6) is 1.73. The molecule has 134 valence electrons. The van der Waals surface area contributed by atoms with Crippen LogP contribution in [0, 0.1) is 0 Å². The molecule has 7 nitrogen and oxygen atoms in total. The average molecular weight is 350 g/mol. The molecular formula is C19H22N6O. The lowest BCUT2D eigenvalue weighted by Gasteiger charge is -2.34. The fourth-order valence-electron chi connectivity index (χ4n) is 3.10. The van der Waals surface area contributed by atoms with Gasteiger partial charge in [0.05, 0.1) is 5.69 Å². The van der Waals surface area contributed by atoms with Gasteiger partial charge in [-0.1, -0.05) is 41.5 Å². The summed E-state index contributed by atoms with van der Waals surface area (Å²) in [6, 6.07) is 19.9. The Labute approximate surface area is 152 Å². The standard InChI is InChI=1S/C19H22N6O/c1-3-7-17(8-4-1)25-19(20-21-22-25)24-13-11-23(12-14-24)15-16-26-18-9-5-2-6-10-18/h1-10H,11-16H2. The first-order valence-electron chi connectivity index (χ1n) is 8.89. The quantitative estimate of drug-likeness (QED) is 0.676. The predicted molar refractivity (Wildman–Crippen MR) is 99.7 cm³/mol. The smallest absolute Gasteiger partial charge is 0.250 e. The van der Waals surface area contributed by atoms with Crippen molar-refractivity contribution < 1.29 is 4.74 Å². The van der Waals surface area contributed by atoms with Gasteiger partial charge in [0.1, 0.15) is 12.4 Å². The van der Waals surface area contributed by atoms with Crippen LogP contribution in [0.5, 0.6) is 5.75 Å². The first kappa shape index (κ1) is 16.5. The van der Waals surface area contributed by atoms with Crippen LogP contribution < -0.4 is 9.64 Å². The number of piperazine rings is 1. The number of benzene rings is 2. The third-order valence-electron chi connectivity index (χ3n) is 4.53. The lowest BCUT2D eigenvalue weighted by molar-refractivity contribution is 0.200. The van der Waals surface area contributed by atoms with Crippen molar-refractivity contribution in [2.45, 2.75) is 0 Å². The Morgan fingerprint density at radius 1 is 0.846 bits per heavy atom. The third kappa shape index (κ3) is 3.83. The molecule has 26 heavy (non-hydrogen) atoms. The SMILES string of the molecule is c1ccc(OCCN2CCN(c3nnnn3-c3ccccc3)CC2)cc1. The van der Waals surface area contributed by atoms with Crippen molar-refractivity contribution in [2.75, 3.05) is 44.2 Å². The number of rotatable bonds is 6. The topological polar surface area (TPSA) is 59.3 Å². The summed E-state index contributed by atoms with van der Waals surface area (Å²) < 4.78 is 7.59. The summed E-state index contributed by atoms with van der Waals surface area (Å²) in [6.07, 6.45) is 0. The molecule has 1 fully saturated rings. The van der Waals surface area contributed by atoms with Crippen LogP contribution in [0.1, 0.15) is 0 Å². The van der Waals surface area contributed by atoms with Crippen molar-refractivity contribution in [3.05, 3.63) is 60.7 Å². The van der Waals surface area contributed by atoms with E-state index in [0.717, 1.165) is 50.1 Å². The van der Waals surface area contributed by atoms with E-state index in [1.165, 1.54) is 0 Å². The van der Waals surface area contributed by atoms with Crippen LogP contribution in [-0.4, -0.2) is 64.4 Å². The molecule has 0 amide bonds. The van der Waals surface area contributed by atoms with Crippen molar-refractivity contribution in [3.8, 4) is 11.4 Å². The molecule has 7 heteroatoms. The molecule has 1 aliphatic rings. The van der Waals surface area contributed by atoms with Gasteiger partial charge in [-0.3, -0.25) is 4.90 Å². The Bertz CT molecular complexity index is 799. The fraction of sp³-hybridized carbons (Fsp3) is 0.316. The summed E-state index contributed by atoms with van der Waals surface area (Å²) in [5.41, 5.74) is 0.978. The summed E-state index contributed by atoms with van der Waals surface area (Å²) in [5, 5.41) is 12.2. The molecule has 0 radical (unpaired) electrons. The summed E-state index contributed by atoms with van der Waals surface area (Å²) in [4.78, 5) is 4.65. The van der Waals surface area contributed by atoms with Gasteiger partial charge in [-0.25, -0.2) is 0 Å². The van der Waals surface area contributed by atoms with Crippen LogP contribution in [-0.2, 0) is 0 Å². The highest BCUT2D eigenvalue weighted by atomic mass is 16.5. The van der Waals surface area contributed by atoms with Crippen LogP contribution in [0.4, 0.5) is 5.95 Å². The number of hydrogen-bond acceptors (Lipinski definition) is 6. The maximum atomic E-state index is 5.79. The van der Waals surface area contributed by atoms with Gasteiger partial charge in [0.2, 0.25) is 5.95 Å². The van der Waals surface area contributed by atoms with E-state index in [1.54, 1.807) is 4.68 Å². The van der Waals surface area contributed by atoms with Crippen LogP contribution in [0.25, 0.3) is 5.69 Å². The molecule has 0 aliphatic carbocycles. The second-order valence-corrected chi connectivity index (χ2v) is 6.22. The average Bonchev–Trinajstić information content (AvgIpc) is 3.20. The van der Waals surface area contributed by atoms with Crippen molar-refractivity contribution in [1.82, 2.24) is 25.1 Å². The number of hydrogen-bond donors (Lipinski definition) is 0. The zero-order valence-corrected chi connectivity index (χ0v) is 14.6. The molecule has 1 aliphatic heterocycles. The number of ether oxygens (including phenoxy) is 1. The van der Waals surface area contributed by atoms with E-state index >= 15 is 0 Å². The van der Waals surface area contributed by atoms with Gasteiger partial charge in [0.25, 0.3) is 0 Å². The van der Waals surface area contributed by atoms with Crippen LogP contribution in [0.3, 0.4) is 0 Å². The first-order chi connectivity index (χ1) is 12.9. The van der Waals surface area contributed by atoms with Crippen molar-refractivity contribution in [3.63, 3.8) is 0 Å². The Morgan fingerprint density at radius 2 is 1.54 bits per heavy atom. The number of aromatic nitrogens is 4. The molecule has 3 aromatic rings. The molecule has 4 rings (SSSR count). The molecule has 0 unspecified atom stereocenters. The van der Waals surface area contributed by atoms with Gasteiger partial charge in [0, 0.05) is 32.7 Å². The summed E-state index contributed by atoms with van der Waals surface area (Å²) >= 11 is 0. The normalized spacial score (nSPS) is 15.2. The van der Waals surface area contributed by atoms with Gasteiger partial charge in [0.15, 0.2) is 0 Å². The van der Waals surface area contributed by atoms with Gasteiger partial charge in [-0.05, 0) is 34.7 Å². The Kier molecular flexibility index (Phi) is 5.07. The van der Waals surface area contributed by atoms with Crippen molar-refractivity contribution in [1.29, 1.82) is 0 Å². The predicted octanol–water partition coefficient (Wildman–Crippen LogP) is 1.86. The molecule has 0 spiro atoms. The van der Waals surface area contributed by atoms with Gasteiger partial charge >= 0.3 is 0 Å². The van der Waals surface area contributed by atoms with E-state index in [0.29, 0.717) is 6.61 Å². The molecule has 0 saturated carbocycles. The van der Waals surface area contributed by atoms with Crippen LogP contribution in [0.2, 0.25) is 0 Å². The first-order valence-corrected chi connectivity index (χ1v) is 8.89. The minimum absolute atomic E-state index is 0.700. The molecule has 0 atom stereocenters. The van der Waals surface area contributed by atoms with E-state index < -0.39 is 0 Å². The number of para-hydroxylation sites is 2. The fourth-order valence-corrected chi connectivity index (χ4v) is 3.10. The second kappa shape index (κ2) is 7.97. The molecule has 2 heterocycles. The highest BCUT2D eigenvalue weighted by Gasteiger charge is 2.22. The monoisotopic (exact) mass is 350 g/mol. The van der Waals surface area contributed by atoms with Gasteiger partial charge in [-0.15, -0.1) is 0 Å². The lowest BCUT2D eigenvalue weighted by atomic mass is 10.3. The summed E-state index contributed by atoms with van der Waals surface area (Å²) in [7, 11) is 0. The zero-order valence-electron chi connectivity index (χ0n) is 14.6. The summed E-state index contributed by atoms with van der Waals surface area (Å²) in [6.45, 7) is 5.37. The highest BCUT2D eigenvalue weighted by molar-refractivity contribution is 5.40. The molecule has 2 aromatic carbocycles. The molecule has 1 aromatic heterocycles.